The van der Waals surface area contributed by atoms with Gasteiger partial charge in [0.2, 0.25) is 0 Å². The molecule has 1 fully saturated rings. The van der Waals surface area contributed by atoms with E-state index in [1.807, 2.05) is 35.0 Å². The molecule has 9 nitrogen and oxygen atoms in total. The van der Waals surface area contributed by atoms with Crippen molar-refractivity contribution in [2.45, 2.75) is 25.0 Å². The average Bonchev–Trinajstić information content (AvgIpc) is 3.23. The van der Waals surface area contributed by atoms with Gasteiger partial charge in [-0.2, -0.15) is 0 Å². The van der Waals surface area contributed by atoms with Crippen molar-refractivity contribution in [3.05, 3.63) is 111 Å². The lowest BCUT2D eigenvalue weighted by Crippen LogP contribution is -2.26. The number of anilines is 1. The van der Waals surface area contributed by atoms with Crippen LogP contribution < -0.4 is 10.9 Å². The number of aromatic amines is 1. The summed E-state index contributed by atoms with van der Waals surface area (Å²) < 4.78 is 9.02. The molecule has 0 radical (unpaired) electrons. The summed E-state index contributed by atoms with van der Waals surface area (Å²) in [5.74, 6) is 1.96. The lowest BCUT2D eigenvalue weighted by atomic mass is 10.0. The van der Waals surface area contributed by atoms with E-state index in [1.165, 1.54) is 0 Å². The first-order chi connectivity index (χ1) is 19.4. The van der Waals surface area contributed by atoms with Crippen LogP contribution in [0.1, 0.15) is 35.5 Å². The van der Waals surface area contributed by atoms with E-state index < -0.39 is 0 Å². The number of nitrogens with zero attached hydrogens (tertiary/aromatic N) is 5. The van der Waals surface area contributed by atoms with Gasteiger partial charge in [-0.05, 0) is 60.9 Å². The van der Waals surface area contributed by atoms with Gasteiger partial charge in [0.15, 0.2) is 11.0 Å². The van der Waals surface area contributed by atoms with Crippen molar-refractivity contribution in [3.8, 4) is 28.1 Å². The Hall–Kier alpha value is -4.34. The maximum atomic E-state index is 13.7. The summed E-state index contributed by atoms with van der Waals surface area (Å²) in [6.07, 6.45) is 4.47. The molecule has 5 heterocycles. The van der Waals surface area contributed by atoms with Gasteiger partial charge < -0.3 is 19.6 Å². The number of ether oxygens (including phenoxy) is 1. The van der Waals surface area contributed by atoms with Crippen LogP contribution in [0.2, 0.25) is 10.2 Å². The molecular weight excluding hydrogens is 549 g/mol. The van der Waals surface area contributed by atoms with Crippen LogP contribution in [0, 0.1) is 5.92 Å². The van der Waals surface area contributed by atoms with Crippen LogP contribution in [0.3, 0.4) is 0 Å². The third kappa shape index (κ3) is 3.69. The van der Waals surface area contributed by atoms with Crippen molar-refractivity contribution >= 4 is 28.9 Å². The second-order valence-electron chi connectivity index (χ2n) is 10.4. The van der Waals surface area contributed by atoms with Crippen LogP contribution in [-0.2, 0) is 11.3 Å². The highest BCUT2D eigenvalue weighted by Gasteiger charge is 2.54. The number of fused-ring (bicyclic) bond motifs is 4. The Morgan fingerprint density at radius 2 is 1.98 bits per heavy atom. The smallest absolute Gasteiger partial charge is 0.252 e. The van der Waals surface area contributed by atoms with Gasteiger partial charge in [-0.3, -0.25) is 4.79 Å². The lowest BCUT2D eigenvalue weighted by molar-refractivity contribution is 0.198. The second-order valence-corrected chi connectivity index (χ2v) is 11.2. The van der Waals surface area contributed by atoms with Crippen molar-refractivity contribution in [2.75, 3.05) is 5.32 Å². The van der Waals surface area contributed by atoms with Crippen molar-refractivity contribution in [2.24, 2.45) is 5.92 Å². The minimum atomic E-state index is -0.144. The van der Waals surface area contributed by atoms with Gasteiger partial charge in [0.1, 0.15) is 12.4 Å². The summed E-state index contributed by atoms with van der Waals surface area (Å²) in [5.41, 5.74) is 7.16. The Bertz CT molecular complexity index is 1920. The molecule has 2 aromatic carbocycles. The SMILES string of the molecule is C=C1Nc2ccc(-c3cnc(C4C5CC5c5cc(-c6cc(Cl)ccc6-n6cc(Cl)nn6)cc(=O)n54)[nH]3)cc2CO1. The number of benzene rings is 2. The Kier molecular flexibility index (Phi) is 5.05. The van der Waals surface area contributed by atoms with E-state index in [0.29, 0.717) is 29.3 Å². The van der Waals surface area contributed by atoms with E-state index in [-0.39, 0.29) is 16.8 Å². The third-order valence-corrected chi connectivity index (χ3v) is 8.36. The predicted octanol–water partition coefficient (Wildman–Crippen LogP) is 5.91. The Labute approximate surface area is 238 Å². The fraction of sp³-hybridized carbons (Fsp3) is 0.172. The number of pyridine rings is 1. The molecule has 40 heavy (non-hydrogen) atoms. The zero-order valence-electron chi connectivity index (χ0n) is 20.9. The number of hydrogen-bond acceptors (Lipinski definition) is 6. The monoisotopic (exact) mass is 569 g/mol. The van der Waals surface area contributed by atoms with Gasteiger partial charge in [0.05, 0.1) is 29.8 Å². The van der Waals surface area contributed by atoms with Gasteiger partial charge in [-0.15, -0.1) is 5.10 Å². The largest absolute Gasteiger partial charge is 0.475 e. The Morgan fingerprint density at radius 1 is 1.07 bits per heavy atom. The average molecular weight is 570 g/mol. The quantitative estimate of drug-likeness (QED) is 0.279. The molecule has 3 atom stereocenters. The molecule has 3 aromatic heterocycles. The van der Waals surface area contributed by atoms with Crippen LogP contribution >= 0.6 is 23.2 Å². The van der Waals surface area contributed by atoms with Gasteiger partial charge in [-0.1, -0.05) is 34.5 Å². The summed E-state index contributed by atoms with van der Waals surface area (Å²) >= 11 is 12.4. The minimum Gasteiger partial charge on any atom is -0.475 e. The minimum absolute atomic E-state index is 0.0811. The number of nitrogens with one attached hydrogen (secondary N) is 2. The van der Waals surface area contributed by atoms with Crippen molar-refractivity contribution in [1.29, 1.82) is 0 Å². The lowest BCUT2D eigenvalue weighted by Gasteiger charge is -2.21. The Balaban J connectivity index is 1.17. The standard InChI is InChI=1S/C29H21Cl2N7O2/c1-14-33-22-4-2-15(6-17(22)13-40-14)23-11-32-29(34-23)28-21-10-20(21)25-7-16(8-27(39)38(25)28)19-9-18(30)3-5-24(19)37-12-26(31)35-36-37/h2-9,11-12,20-21,28,33H,1,10,13H2,(H,32,34). The van der Waals surface area contributed by atoms with Crippen LogP contribution in [0.25, 0.3) is 28.1 Å². The van der Waals surface area contributed by atoms with Crippen molar-refractivity contribution < 1.29 is 4.74 Å². The molecule has 0 amide bonds. The first kappa shape index (κ1) is 23.5. The summed E-state index contributed by atoms with van der Waals surface area (Å²) in [5, 5.41) is 12.0. The van der Waals surface area contributed by atoms with Gasteiger partial charge in [0, 0.05) is 45.1 Å². The van der Waals surface area contributed by atoms with Crippen molar-refractivity contribution in [3.63, 3.8) is 0 Å². The normalized spacial score (nSPS) is 20.4. The molecule has 1 aliphatic carbocycles. The molecule has 0 bridgehead atoms. The van der Waals surface area contributed by atoms with Crippen LogP contribution in [0.4, 0.5) is 5.69 Å². The number of aromatic nitrogens is 6. The number of imidazole rings is 1. The van der Waals surface area contributed by atoms with Gasteiger partial charge >= 0.3 is 0 Å². The fourth-order valence-corrected chi connectivity index (χ4v) is 6.35. The molecule has 198 valence electrons. The number of halogens is 2. The van der Waals surface area contributed by atoms with E-state index in [4.69, 9.17) is 32.9 Å². The van der Waals surface area contributed by atoms with E-state index in [1.54, 1.807) is 23.0 Å². The molecule has 5 aromatic rings. The van der Waals surface area contributed by atoms with Crippen LogP contribution in [-0.4, -0.2) is 29.5 Å². The molecule has 11 heteroatoms. The van der Waals surface area contributed by atoms with E-state index in [0.717, 1.165) is 57.3 Å². The molecule has 1 saturated carbocycles. The molecule has 3 aliphatic rings. The molecule has 2 N–H and O–H groups in total. The highest BCUT2D eigenvalue weighted by Crippen LogP contribution is 2.60. The zero-order valence-corrected chi connectivity index (χ0v) is 22.4. The molecule has 2 aliphatic heterocycles. The fourth-order valence-electron chi connectivity index (χ4n) is 6.05. The summed E-state index contributed by atoms with van der Waals surface area (Å²) in [6.45, 7) is 4.29. The van der Waals surface area contributed by atoms with Crippen LogP contribution in [0.5, 0.6) is 0 Å². The predicted molar refractivity (Wildman–Crippen MR) is 152 cm³/mol. The number of hydrogen-bond donors (Lipinski definition) is 2. The van der Waals surface area contributed by atoms with E-state index in [2.05, 4.69) is 39.3 Å². The summed E-state index contributed by atoms with van der Waals surface area (Å²) in [6, 6.07) is 15.2. The highest BCUT2D eigenvalue weighted by atomic mass is 35.5. The Morgan fingerprint density at radius 3 is 2.83 bits per heavy atom. The maximum absolute atomic E-state index is 13.7. The molecule has 0 spiro atoms. The zero-order chi connectivity index (χ0) is 27.1. The van der Waals surface area contributed by atoms with E-state index >= 15 is 0 Å². The molecule has 3 unspecified atom stereocenters. The second kappa shape index (κ2) is 8.58. The third-order valence-electron chi connectivity index (χ3n) is 7.95. The number of rotatable bonds is 4. The maximum Gasteiger partial charge on any atom is 0.252 e. The van der Waals surface area contributed by atoms with Gasteiger partial charge in [-0.25, -0.2) is 9.67 Å². The summed E-state index contributed by atoms with van der Waals surface area (Å²) in [4.78, 5) is 21.9. The van der Waals surface area contributed by atoms with Crippen molar-refractivity contribution in [1.82, 2.24) is 29.5 Å². The first-order valence-corrected chi connectivity index (χ1v) is 13.6. The summed E-state index contributed by atoms with van der Waals surface area (Å²) in [7, 11) is 0. The highest BCUT2D eigenvalue weighted by molar-refractivity contribution is 6.31. The number of H-pyrrole nitrogens is 1. The molecule has 8 rings (SSSR count). The van der Waals surface area contributed by atoms with Gasteiger partial charge in [0.25, 0.3) is 5.56 Å². The van der Waals surface area contributed by atoms with E-state index in [9.17, 15) is 4.79 Å². The first-order valence-electron chi connectivity index (χ1n) is 12.8. The van der Waals surface area contributed by atoms with Crippen LogP contribution in [0.15, 0.2) is 78.2 Å². The molecular formula is C29H21Cl2N7O2. The molecule has 0 saturated heterocycles. The topological polar surface area (TPSA) is 103 Å².